The summed E-state index contributed by atoms with van der Waals surface area (Å²) in [5, 5.41) is 0. The molecule has 4 aliphatic carbocycles. The predicted octanol–water partition coefficient (Wildman–Crippen LogP) is 6.19. The third kappa shape index (κ3) is 2.10. The second-order valence-electron chi connectivity index (χ2n) is 11.4. The fourth-order valence-electron chi connectivity index (χ4n) is 8.38. The van der Waals surface area contributed by atoms with Gasteiger partial charge in [-0.1, -0.05) is 48.1 Å². The first-order valence-corrected chi connectivity index (χ1v) is 10.0. The summed E-state index contributed by atoms with van der Waals surface area (Å²) in [6.07, 6.45) is 6.81. The van der Waals surface area contributed by atoms with Crippen LogP contribution in [-0.2, 0) is 0 Å². The second kappa shape index (κ2) is 4.78. The maximum absolute atomic E-state index is 3.86. The summed E-state index contributed by atoms with van der Waals surface area (Å²) in [6.45, 7) is 19.0. The first kappa shape index (κ1) is 16.0. The van der Waals surface area contributed by atoms with Crippen LogP contribution < -0.4 is 0 Å². The molecule has 128 valence electrons. The Bertz CT molecular complexity index is 535. The molecule has 0 saturated heterocycles. The summed E-state index contributed by atoms with van der Waals surface area (Å²) in [4.78, 5) is 0. The summed E-state index contributed by atoms with van der Waals surface area (Å²) in [6, 6.07) is 0. The minimum Gasteiger partial charge on any atom is -0.133 e. The zero-order valence-electron chi connectivity index (χ0n) is 16.1. The number of rotatable bonds is 1. The number of hydrogen-bond donors (Lipinski definition) is 0. The zero-order chi connectivity index (χ0) is 16.7. The Morgan fingerprint density at radius 2 is 1.35 bits per heavy atom. The molecule has 0 heterocycles. The van der Waals surface area contributed by atoms with Gasteiger partial charge in [0.2, 0.25) is 0 Å². The van der Waals surface area contributed by atoms with Crippen LogP contribution in [0.4, 0.5) is 0 Å². The fourth-order valence-corrected chi connectivity index (χ4v) is 8.38. The van der Waals surface area contributed by atoms with E-state index in [1.54, 1.807) is 0 Å². The van der Waals surface area contributed by atoms with E-state index in [0.29, 0.717) is 10.8 Å². The van der Waals surface area contributed by atoms with E-state index in [-0.39, 0.29) is 0 Å². The Kier molecular flexibility index (Phi) is 3.33. The van der Waals surface area contributed by atoms with Crippen molar-refractivity contribution in [1.82, 2.24) is 0 Å². The van der Waals surface area contributed by atoms with E-state index in [4.69, 9.17) is 0 Å². The van der Waals surface area contributed by atoms with Crippen molar-refractivity contribution < 1.29 is 0 Å². The molecule has 0 radical (unpaired) electrons. The molecule has 4 fully saturated rings. The summed E-state index contributed by atoms with van der Waals surface area (Å²) < 4.78 is 0. The van der Waals surface area contributed by atoms with Gasteiger partial charge in [0.05, 0.1) is 0 Å². The number of hydrogen-bond acceptors (Lipinski definition) is 0. The van der Waals surface area contributed by atoms with Crippen LogP contribution >= 0.6 is 0 Å². The largest absolute Gasteiger partial charge is 0.133 e. The van der Waals surface area contributed by atoms with E-state index in [1.165, 1.54) is 19.3 Å². The molecule has 0 aromatic carbocycles. The smallest absolute Gasteiger partial charge is 0.0124 e. The SMILES string of the molecule is C=C=CC1CC2CC1C1C3CC(C21)C(C(C)(C)C)C3C(C)(C)C. The van der Waals surface area contributed by atoms with Crippen molar-refractivity contribution >= 4 is 0 Å². The van der Waals surface area contributed by atoms with Gasteiger partial charge in [0.25, 0.3) is 0 Å². The predicted molar refractivity (Wildman–Crippen MR) is 97.9 cm³/mol. The molecule has 0 amide bonds. The van der Waals surface area contributed by atoms with Crippen LogP contribution in [0.15, 0.2) is 18.4 Å². The molecule has 0 nitrogen and oxygen atoms in total. The molecule has 9 atom stereocenters. The van der Waals surface area contributed by atoms with Crippen molar-refractivity contribution in [3.8, 4) is 0 Å². The van der Waals surface area contributed by atoms with Crippen LogP contribution in [0.2, 0.25) is 0 Å². The average Bonchev–Trinajstić information content (AvgIpc) is 3.12. The molecule has 0 aromatic heterocycles. The van der Waals surface area contributed by atoms with Crippen molar-refractivity contribution in [2.45, 2.75) is 60.8 Å². The second-order valence-corrected chi connectivity index (χ2v) is 11.4. The Balaban J connectivity index is 1.71. The normalized spacial score (nSPS) is 51.0. The molecule has 4 aliphatic rings. The fraction of sp³-hybridized carbons (Fsp3) is 0.870. The highest BCUT2D eigenvalue weighted by molar-refractivity contribution is 5.19. The average molecular weight is 313 g/mol. The molecule has 9 unspecified atom stereocenters. The van der Waals surface area contributed by atoms with Gasteiger partial charge in [-0.15, -0.1) is 5.73 Å². The Hall–Kier alpha value is -0.480. The Morgan fingerprint density at radius 3 is 1.87 bits per heavy atom. The van der Waals surface area contributed by atoms with Crippen molar-refractivity contribution in [3.63, 3.8) is 0 Å². The van der Waals surface area contributed by atoms with Gasteiger partial charge in [0.15, 0.2) is 0 Å². The van der Waals surface area contributed by atoms with Crippen LogP contribution in [0.5, 0.6) is 0 Å². The van der Waals surface area contributed by atoms with E-state index in [2.05, 4.69) is 59.9 Å². The highest BCUT2D eigenvalue weighted by Gasteiger charge is 2.69. The molecule has 4 saturated carbocycles. The third-order valence-corrected chi connectivity index (χ3v) is 8.36. The standard InChI is InChI=1S/C23H36/c1-8-9-13-10-14-11-15(13)19-17-12-16(18(14)19)20(22(2,3)4)21(17)23(5,6)7/h9,13-21H,1,10-12H2,2-7H3. The van der Waals surface area contributed by atoms with Crippen LogP contribution in [0.3, 0.4) is 0 Å². The first-order chi connectivity index (χ1) is 10.6. The van der Waals surface area contributed by atoms with Crippen molar-refractivity contribution in [3.05, 3.63) is 18.4 Å². The van der Waals surface area contributed by atoms with Crippen LogP contribution in [0.25, 0.3) is 0 Å². The molecule has 23 heavy (non-hydrogen) atoms. The molecule has 0 heteroatoms. The first-order valence-electron chi connectivity index (χ1n) is 10.0. The monoisotopic (exact) mass is 312 g/mol. The topological polar surface area (TPSA) is 0 Å². The minimum absolute atomic E-state index is 0.452. The lowest BCUT2D eigenvalue weighted by Gasteiger charge is -2.53. The molecule has 0 aromatic rings. The van der Waals surface area contributed by atoms with Gasteiger partial charge >= 0.3 is 0 Å². The van der Waals surface area contributed by atoms with Crippen molar-refractivity contribution in [2.75, 3.05) is 0 Å². The molecule has 4 rings (SSSR count). The number of fused-ring (bicyclic) bond motifs is 9. The van der Waals surface area contributed by atoms with E-state index < -0.39 is 0 Å². The summed E-state index contributed by atoms with van der Waals surface area (Å²) in [5.41, 5.74) is 4.03. The van der Waals surface area contributed by atoms with Gasteiger partial charge in [-0.05, 0) is 89.4 Å². The van der Waals surface area contributed by atoms with Gasteiger partial charge in [0.1, 0.15) is 0 Å². The Morgan fingerprint density at radius 1 is 0.783 bits per heavy atom. The maximum Gasteiger partial charge on any atom is -0.0124 e. The van der Waals surface area contributed by atoms with Gasteiger partial charge in [-0.2, -0.15) is 0 Å². The Labute approximate surface area is 143 Å². The lowest BCUT2D eigenvalue weighted by molar-refractivity contribution is -0.0496. The van der Waals surface area contributed by atoms with Gasteiger partial charge in [0, 0.05) is 0 Å². The van der Waals surface area contributed by atoms with Gasteiger partial charge < -0.3 is 0 Å². The molecule has 0 spiro atoms. The van der Waals surface area contributed by atoms with Crippen LogP contribution in [0.1, 0.15) is 60.8 Å². The summed E-state index contributed by atoms with van der Waals surface area (Å²) in [5.74, 6) is 8.71. The van der Waals surface area contributed by atoms with Gasteiger partial charge in [-0.3, -0.25) is 0 Å². The van der Waals surface area contributed by atoms with Gasteiger partial charge in [-0.25, -0.2) is 0 Å². The lowest BCUT2D eigenvalue weighted by Crippen LogP contribution is -2.48. The van der Waals surface area contributed by atoms with E-state index in [1.807, 2.05) is 0 Å². The van der Waals surface area contributed by atoms with E-state index >= 15 is 0 Å². The third-order valence-electron chi connectivity index (χ3n) is 8.36. The highest BCUT2D eigenvalue weighted by Crippen LogP contribution is 2.75. The minimum atomic E-state index is 0.452. The van der Waals surface area contributed by atoms with Crippen molar-refractivity contribution in [1.29, 1.82) is 0 Å². The van der Waals surface area contributed by atoms with Crippen molar-refractivity contribution in [2.24, 2.45) is 64.1 Å². The molecular formula is C23H36. The lowest BCUT2D eigenvalue weighted by atomic mass is 9.52. The summed E-state index contributed by atoms with van der Waals surface area (Å²) in [7, 11) is 0. The maximum atomic E-state index is 3.86. The molecule has 0 aliphatic heterocycles. The van der Waals surface area contributed by atoms with Crippen LogP contribution in [-0.4, -0.2) is 0 Å². The molecular weight excluding hydrogens is 276 g/mol. The highest BCUT2D eigenvalue weighted by atomic mass is 14.7. The van der Waals surface area contributed by atoms with E-state index in [9.17, 15) is 0 Å². The zero-order valence-corrected chi connectivity index (χ0v) is 16.1. The number of allylic oxidation sites excluding steroid dienone is 1. The quantitative estimate of drug-likeness (QED) is 0.400. The van der Waals surface area contributed by atoms with Crippen LogP contribution in [0, 0.1) is 64.1 Å². The van der Waals surface area contributed by atoms with E-state index in [0.717, 1.165) is 53.3 Å². The summed E-state index contributed by atoms with van der Waals surface area (Å²) >= 11 is 0. The molecule has 4 bridgehead atoms. The molecule has 0 N–H and O–H groups in total.